The lowest BCUT2D eigenvalue weighted by atomic mass is 10.3. The summed E-state index contributed by atoms with van der Waals surface area (Å²) in [5, 5.41) is 13.0. The number of rotatable bonds is 5. The maximum Gasteiger partial charge on any atom is 0.174 e. The van der Waals surface area contributed by atoms with Gasteiger partial charge in [-0.05, 0) is 60.7 Å². The van der Waals surface area contributed by atoms with E-state index in [1.165, 1.54) is 0 Å². The summed E-state index contributed by atoms with van der Waals surface area (Å²) < 4.78 is 1.76. The second-order valence-electron chi connectivity index (χ2n) is 6.02. The van der Waals surface area contributed by atoms with Gasteiger partial charge in [0.1, 0.15) is 5.02 Å². The molecule has 140 valence electrons. The first kappa shape index (κ1) is 18.7. The number of nitrogens with one attached hydrogen (secondary N) is 2. The van der Waals surface area contributed by atoms with Crippen molar-refractivity contribution in [1.82, 2.24) is 9.78 Å². The third kappa shape index (κ3) is 4.09. The minimum Gasteiger partial charge on any atom is -0.339 e. The molecule has 0 atom stereocenters. The summed E-state index contributed by atoms with van der Waals surface area (Å²) in [6.45, 7) is 0. The maximum atomic E-state index is 6.68. The van der Waals surface area contributed by atoms with Crippen LogP contribution in [0.4, 0.5) is 23.0 Å². The van der Waals surface area contributed by atoms with Crippen LogP contribution in [0.15, 0.2) is 78.9 Å². The fourth-order valence-electron chi connectivity index (χ4n) is 2.68. The smallest absolute Gasteiger partial charge is 0.174 e. The molecule has 0 saturated carbocycles. The second-order valence-corrected chi connectivity index (χ2v) is 7.27. The van der Waals surface area contributed by atoms with Crippen LogP contribution in [-0.4, -0.2) is 9.78 Å². The molecule has 0 aliphatic carbocycles. The van der Waals surface area contributed by atoms with Gasteiger partial charge in [-0.2, -0.15) is 0 Å². The highest BCUT2D eigenvalue weighted by atomic mass is 35.5. The Balaban J connectivity index is 1.74. The summed E-state index contributed by atoms with van der Waals surface area (Å²) in [7, 11) is 0. The molecule has 0 aliphatic rings. The molecule has 7 heteroatoms. The average Bonchev–Trinajstić information content (AvgIpc) is 3.02. The van der Waals surface area contributed by atoms with Crippen molar-refractivity contribution < 1.29 is 0 Å². The Labute approximate surface area is 177 Å². The summed E-state index contributed by atoms with van der Waals surface area (Å²) in [4.78, 5) is 0. The highest BCUT2D eigenvalue weighted by Gasteiger charge is 2.18. The van der Waals surface area contributed by atoms with E-state index in [1.54, 1.807) is 16.8 Å². The van der Waals surface area contributed by atoms with Gasteiger partial charge in [-0.1, -0.05) is 53.0 Å². The Bertz CT molecular complexity index is 1080. The van der Waals surface area contributed by atoms with E-state index in [9.17, 15) is 0 Å². The zero-order chi connectivity index (χ0) is 19.5. The fourth-order valence-corrected chi connectivity index (χ4v) is 3.15. The van der Waals surface area contributed by atoms with E-state index in [-0.39, 0.29) is 0 Å². The second kappa shape index (κ2) is 8.15. The first-order chi connectivity index (χ1) is 13.6. The Hall–Kier alpha value is -2.66. The van der Waals surface area contributed by atoms with Gasteiger partial charge in [0.2, 0.25) is 0 Å². The topological polar surface area (TPSA) is 41.9 Å². The van der Waals surface area contributed by atoms with Crippen LogP contribution in [0.3, 0.4) is 0 Å². The molecule has 3 aromatic carbocycles. The van der Waals surface area contributed by atoms with Crippen molar-refractivity contribution in [2.24, 2.45) is 0 Å². The van der Waals surface area contributed by atoms with Crippen molar-refractivity contribution >= 4 is 57.8 Å². The van der Waals surface area contributed by atoms with Crippen LogP contribution in [0, 0.1) is 0 Å². The van der Waals surface area contributed by atoms with Crippen LogP contribution < -0.4 is 10.6 Å². The number of aromatic nitrogens is 2. The summed E-state index contributed by atoms with van der Waals surface area (Å²) in [6.07, 6.45) is 0. The standard InChI is InChI=1S/C21H15Cl3N4/c22-14-6-10-16(11-7-14)25-20-19(24)21(26-17-12-8-15(23)9-13-17)28(27-20)18-4-2-1-3-5-18/h1-13,26H,(H,25,27). The molecule has 0 bridgehead atoms. The van der Waals surface area contributed by atoms with E-state index in [0.717, 1.165) is 17.1 Å². The Kier molecular flexibility index (Phi) is 5.44. The largest absolute Gasteiger partial charge is 0.339 e. The average molecular weight is 430 g/mol. The van der Waals surface area contributed by atoms with Gasteiger partial charge < -0.3 is 10.6 Å². The molecule has 0 spiro atoms. The third-order valence-corrected chi connectivity index (χ3v) is 4.90. The molecule has 0 fully saturated rings. The molecule has 1 heterocycles. The zero-order valence-corrected chi connectivity index (χ0v) is 16.8. The fraction of sp³-hybridized carbons (Fsp3) is 0. The van der Waals surface area contributed by atoms with Crippen LogP contribution in [0.25, 0.3) is 5.69 Å². The number of benzene rings is 3. The molecular formula is C21H15Cl3N4. The number of hydrogen-bond donors (Lipinski definition) is 2. The monoisotopic (exact) mass is 428 g/mol. The summed E-state index contributed by atoms with van der Waals surface area (Å²) in [6, 6.07) is 24.5. The molecule has 0 amide bonds. The van der Waals surface area contributed by atoms with Gasteiger partial charge in [-0.15, -0.1) is 5.10 Å². The number of para-hydroxylation sites is 1. The lowest BCUT2D eigenvalue weighted by Gasteiger charge is -2.10. The van der Waals surface area contributed by atoms with Crippen molar-refractivity contribution in [3.63, 3.8) is 0 Å². The molecule has 0 saturated heterocycles. The molecule has 4 aromatic rings. The van der Waals surface area contributed by atoms with Crippen LogP contribution in [0.2, 0.25) is 15.1 Å². The molecule has 0 radical (unpaired) electrons. The maximum absolute atomic E-state index is 6.68. The Morgan fingerprint density at radius 2 is 1.18 bits per heavy atom. The number of anilines is 4. The first-order valence-electron chi connectivity index (χ1n) is 8.49. The predicted molar refractivity (Wildman–Crippen MR) is 118 cm³/mol. The Morgan fingerprint density at radius 1 is 0.643 bits per heavy atom. The van der Waals surface area contributed by atoms with Crippen LogP contribution in [0.1, 0.15) is 0 Å². The van der Waals surface area contributed by atoms with E-state index in [2.05, 4.69) is 15.7 Å². The van der Waals surface area contributed by atoms with Crippen LogP contribution >= 0.6 is 34.8 Å². The van der Waals surface area contributed by atoms with E-state index >= 15 is 0 Å². The van der Waals surface area contributed by atoms with Gasteiger partial charge in [0.15, 0.2) is 11.6 Å². The highest BCUT2D eigenvalue weighted by Crippen LogP contribution is 2.36. The minimum atomic E-state index is 0.466. The number of halogens is 3. The van der Waals surface area contributed by atoms with Crippen molar-refractivity contribution in [1.29, 1.82) is 0 Å². The molecule has 0 aliphatic heterocycles. The lowest BCUT2D eigenvalue weighted by Crippen LogP contribution is -2.02. The Morgan fingerprint density at radius 3 is 1.75 bits per heavy atom. The van der Waals surface area contributed by atoms with E-state index in [0.29, 0.717) is 26.7 Å². The molecule has 2 N–H and O–H groups in total. The van der Waals surface area contributed by atoms with Crippen molar-refractivity contribution in [3.05, 3.63) is 93.9 Å². The van der Waals surface area contributed by atoms with Gasteiger partial charge in [0, 0.05) is 21.4 Å². The van der Waals surface area contributed by atoms with Gasteiger partial charge in [-0.3, -0.25) is 0 Å². The first-order valence-corrected chi connectivity index (χ1v) is 9.63. The quantitative estimate of drug-likeness (QED) is 0.349. The molecule has 1 aromatic heterocycles. The molecule has 0 unspecified atom stereocenters. The predicted octanol–water partition coefficient (Wildman–Crippen LogP) is 7.32. The van der Waals surface area contributed by atoms with Crippen molar-refractivity contribution in [2.75, 3.05) is 10.6 Å². The van der Waals surface area contributed by atoms with E-state index < -0.39 is 0 Å². The summed E-state index contributed by atoms with van der Waals surface area (Å²) in [5.41, 5.74) is 2.56. The third-order valence-electron chi connectivity index (χ3n) is 4.04. The highest BCUT2D eigenvalue weighted by molar-refractivity contribution is 6.35. The van der Waals surface area contributed by atoms with Crippen LogP contribution in [0.5, 0.6) is 0 Å². The summed E-state index contributed by atoms with van der Waals surface area (Å²) in [5.74, 6) is 1.18. The number of hydrogen-bond acceptors (Lipinski definition) is 3. The van der Waals surface area contributed by atoms with Gasteiger partial charge in [-0.25, -0.2) is 4.68 Å². The van der Waals surface area contributed by atoms with Gasteiger partial charge in [0.25, 0.3) is 0 Å². The van der Waals surface area contributed by atoms with Crippen LogP contribution in [-0.2, 0) is 0 Å². The van der Waals surface area contributed by atoms with E-state index in [4.69, 9.17) is 34.8 Å². The molecule has 4 nitrogen and oxygen atoms in total. The SMILES string of the molecule is Clc1ccc(Nc2nn(-c3ccccc3)c(Nc3ccc(Cl)cc3)c2Cl)cc1. The minimum absolute atomic E-state index is 0.466. The van der Waals surface area contributed by atoms with E-state index in [1.807, 2.05) is 66.7 Å². The molecule has 4 rings (SSSR count). The lowest BCUT2D eigenvalue weighted by molar-refractivity contribution is 0.892. The normalized spacial score (nSPS) is 10.7. The van der Waals surface area contributed by atoms with Crippen molar-refractivity contribution in [2.45, 2.75) is 0 Å². The zero-order valence-electron chi connectivity index (χ0n) is 14.5. The van der Waals surface area contributed by atoms with Crippen molar-refractivity contribution in [3.8, 4) is 5.69 Å². The molecule has 28 heavy (non-hydrogen) atoms. The molecular weight excluding hydrogens is 415 g/mol. The summed E-state index contributed by atoms with van der Waals surface area (Å²) >= 11 is 18.6. The number of nitrogens with zero attached hydrogens (tertiary/aromatic N) is 2. The van der Waals surface area contributed by atoms with Gasteiger partial charge in [0.05, 0.1) is 5.69 Å². The van der Waals surface area contributed by atoms with Gasteiger partial charge >= 0.3 is 0 Å².